The van der Waals surface area contributed by atoms with Crippen molar-refractivity contribution in [1.82, 2.24) is 5.32 Å². The second-order valence-electron chi connectivity index (χ2n) is 5.87. The number of hydrogen-bond acceptors (Lipinski definition) is 3. The molecule has 1 aliphatic carbocycles. The number of nitriles is 1. The van der Waals surface area contributed by atoms with E-state index < -0.39 is 5.54 Å². The smallest absolute Gasteiger partial charge is 0.105 e. The lowest BCUT2D eigenvalue weighted by Gasteiger charge is -2.27. The quantitative estimate of drug-likeness (QED) is 0.851. The van der Waals surface area contributed by atoms with Crippen LogP contribution in [0, 0.1) is 18.3 Å². The second kappa shape index (κ2) is 5.63. The number of nitrogens with one attached hydrogen (secondary N) is 1. The monoisotopic (exact) mass is 257 g/mol. The van der Waals surface area contributed by atoms with E-state index in [4.69, 9.17) is 0 Å². The van der Waals surface area contributed by atoms with Gasteiger partial charge in [-0.25, -0.2) is 0 Å². The predicted octanol–water partition coefficient (Wildman–Crippen LogP) is 2.86. The van der Waals surface area contributed by atoms with Crippen molar-refractivity contribution in [2.24, 2.45) is 0 Å². The average molecular weight is 257 g/mol. The van der Waals surface area contributed by atoms with Gasteiger partial charge in [-0.3, -0.25) is 5.32 Å². The zero-order chi connectivity index (χ0) is 13.9. The van der Waals surface area contributed by atoms with Crippen molar-refractivity contribution in [3.63, 3.8) is 0 Å². The molecule has 102 valence electrons. The number of aryl methyl sites for hydroxylation is 1. The van der Waals surface area contributed by atoms with Gasteiger partial charge in [-0.05, 0) is 45.2 Å². The summed E-state index contributed by atoms with van der Waals surface area (Å²) in [4.78, 5) is 2.21. The molecule has 0 amide bonds. The van der Waals surface area contributed by atoms with Crippen molar-refractivity contribution >= 4 is 5.69 Å². The van der Waals surface area contributed by atoms with Crippen LogP contribution in [0.5, 0.6) is 0 Å². The van der Waals surface area contributed by atoms with Crippen molar-refractivity contribution in [3.05, 3.63) is 29.8 Å². The molecule has 1 saturated carbocycles. The third-order valence-electron chi connectivity index (χ3n) is 3.77. The van der Waals surface area contributed by atoms with Gasteiger partial charge in [-0.2, -0.15) is 5.26 Å². The highest BCUT2D eigenvalue weighted by Gasteiger charge is 2.32. The molecule has 3 heteroatoms. The maximum atomic E-state index is 9.35. The van der Waals surface area contributed by atoms with Crippen molar-refractivity contribution in [2.45, 2.75) is 44.7 Å². The molecular weight excluding hydrogens is 234 g/mol. The van der Waals surface area contributed by atoms with Crippen LogP contribution in [0.4, 0.5) is 5.69 Å². The first kappa shape index (κ1) is 13.9. The van der Waals surface area contributed by atoms with E-state index in [2.05, 4.69) is 54.5 Å². The first-order valence-corrected chi connectivity index (χ1v) is 6.99. The summed E-state index contributed by atoms with van der Waals surface area (Å²) >= 11 is 0. The molecule has 1 aliphatic rings. The summed E-state index contributed by atoms with van der Waals surface area (Å²) in [6, 6.07) is 11.5. The van der Waals surface area contributed by atoms with Gasteiger partial charge >= 0.3 is 0 Å². The van der Waals surface area contributed by atoms with Gasteiger partial charge in [0.25, 0.3) is 0 Å². The summed E-state index contributed by atoms with van der Waals surface area (Å²) in [6.45, 7) is 4.98. The minimum absolute atomic E-state index is 0.403. The lowest BCUT2D eigenvalue weighted by Crippen LogP contribution is -2.44. The van der Waals surface area contributed by atoms with Crippen LogP contribution >= 0.6 is 0 Å². The lowest BCUT2D eigenvalue weighted by atomic mass is 9.99. The van der Waals surface area contributed by atoms with E-state index >= 15 is 0 Å². The molecule has 1 atom stereocenters. The predicted molar refractivity (Wildman–Crippen MR) is 79.2 cm³/mol. The molecule has 0 spiro atoms. The summed E-state index contributed by atoms with van der Waals surface area (Å²) in [5.41, 5.74) is 2.08. The van der Waals surface area contributed by atoms with E-state index in [1.807, 2.05) is 6.92 Å². The van der Waals surface area contributed by atoms with Crippen LogP contribution in [0.1, 0.15) is 31.7 Å². The Balaban J connectivity index is 1.89. The minimum atomic E-state index is -0.403. The van der Waals surface area contributed by atoms with Crippen LogP contribution < -0.4 is 10.2 Å². The van der Waals surface area contributed by atoms with Gasteiger partial charge in [0, 0.05) is 25.3 Å². The van der Waals surface area contributed by atoms with Crippen LogP contribution in [0.3, 0.4) is 0 Å². The third-order valence-corrected chi connectivity index (χ3v) is 3.77. The fraction of sp³-hybridized carbons (Fsp3) is 0.562. The number of hydrogen-bond donors (Lipinski definition) is 1. The molecule has 0 aromatic heterocycles. The number of anilines is 1. The SMILES string of the molecule is Cc1ccc(N(C)CCC(C)(C#N)NC2CC2)cc1. The van der Waals surface area contributed by atoms with Crippen molar-refractivity contribution in [2.75, 3.05) is 18.5 Å². The Bertz CT molecular complexity index is 456. The fourth-order valence-electron chi connectivity index (χ4n) is 2.16. The highest BCUT2D eigenvalue weighted by molar-refractivity contribution is 5.46. The standard InChI is InChI=1S/C16H23N3/c1-13-4-8-15(9-5-13)19(3)11-10-16(2,12-17)18-14-6-7-14/h4-5,8-9,14,18H,6-7,10-11H2,1-3H3. The van der Waals surface area contributed by atoms with Crippen molar-refractivity contribution in [1.29, 1.82) is 5.26 Å². The Kier molecular flexibility index (Phi) is 4.11. The Labute approximate surface area is 116 Å². The van der Waals surface area contributed by atoms with Crippen LogP contribution in [-0.2, 0) is 0 Å². The van der Waals surface area contributed by atoms with Crippen LogP contribution in [0.15, 0.2) is 24.3 Å². The molecule has 1 unspecified atom stereocenters. The molecule has 1 N–H and O–H groups in total. The van der Waals surface area contributed by atoms with E-state index in [0.717, 1.165) is 13.0 Å². The Morgan fingerprint density at radius 3 is 2.53 bits per heavy atom. The zero-order valence-electron chi connectivity index (χ0n) is 12.1. The van der Waals surface area contributed by atoms with E-state index in [-0.39, 0.29) is 0 Å². The van der Waals surface area contributed by atoms with E-state index in [1.54, 1.807) is 0 Å². The van der Waals surface area contributed by atoms with Crippen LogP contribution in [0.2, 0.25) is 0 Å². The molecule has 2 rings (SSSR count). The molecule has 0 bridgehead atoms. The third kappa shape index (κ3) is 3.97. The zero-order valence-corrected chi connectivity index (χ0v) is 12.1. The normalized spacial score (nSPS) is 17.6. The molecule has 1 aromatic carbocycles. The van der Waals surface area contributed by atoms with Gasteiger partial charge in [0.15, 0.2) is 0 Å². The second-order valence-corrected chi connectivity index (χ2v) is 5.87. The minimum Gasteiger partial charge on any atom is -0.374 e. The van der Waals surface area contributed by atoms with E-state index in [1.165, 1.54) is 24.1 Å². The van der Waals surface area contributed by atoms with Crippen LogP contribution in [0.25, 0.3) is 0 Å². The Morgan fingerprint density at radius 2 is 2.00 bits per heavy atom. The molecule has 0 heterocycles. The number of rotatable bonds is 6. The molecule has 0 aliphatic heterocycles. The number of benzene rings is 1. The summed E-state index contributed by atoms with van der Waals surface area (Å²) in [5, 5.41) is 12.8. The Morgan fingerprint density at radius 1 is 1.37 bits per heavy atom. The van der Waals surface area contributed by atoms with E-state index in [9.17, 15) is 5.26 Å². The highest BCUT2D eigenvalue weighted by Crippen LogP contribution is 2.24. The first-order chi connectivity index (χ1) is 9.02. The molecule has 3 nitrogen and oxygen atoms in total. The maximum Gasteiger partial charge on any atom is 0.105 e. The molecular formula is C16H23N3. The topological polar surface area (TPSA) is 39.1 Å². The first-order valence-electron chi connectivity index (χ1n) is 6.99. The molecule has 1 fully saturated rings. The van der Waals surface area contributed by atoms with Gasteiger partial charge in [0.05, 0.1) is 6.07 Å². The lowest BCUT2D eigenvalue weighted by molar-refractivity contribution is 0.417. The number of nitrogens with zero attached hydrogens (tertiary/aromatic N) is 2. The van der Waals surface area contributed by atoms with Crippen molar-refractivity contribution < 1.29 is 0 Å². The van der Waals surface area contributed by atoms with Crippen LogP contribution in [-0.4, -0.2) is 25.2 Å². The molecule has 19 heavy (non-hydrogen) atoms. The Hall–Kier alpha value is -1.53. The fourth-order valence-corrected chi connectivity index (χ4v) is 2.16. The summed E-state index contributed by atoms with van der Waals surface area (Å²) in [7, 11) is 2.08. The largest absolute Gasteiger partial charge is 0.374 e. The summed E-state index contributed by atoms with van der Waals surface area (Å²) < 4.78 is 0. The van der Waals surface area contributed by atoms with Gasteiger partial charge in [-0.15, -0.1) is 0 Å². The van der Waals surface area contributed by atoms with Crippen molar-refractivity contribution in [3.8, 4) is 6.07 Å². The highest BCUT2D eigenvalue weighted by atomic mass is 15.1. The van der Waals surface area contributed by atoms with Gasteiger partial charge in [0.2, 0.25) is 0 Å². The van der Waals surface area contributed by atoms with Gasteiger partial charge < -0.3 is 4.90 Å². The molecule has 0 radical (unpaired) electrons. The molecule has 1 aromatic rings. The maximum absolute atomic E-state index is 9.35. The van der Waals surface area contributed by atoms with Gasteiger partial charge in [-0.1, -0.05) is 17.7 Å². The van der Waals surface area contributed by atoms with Gasteiger partial charge in [0.1, 0.15) is 5.54 Å². The summed E-state index contributed by atoms with van der Waals surface area (Å²) in [5.74, 6) is 0. The summed E-state index contributed by atoms with van der Waals surface area (Å²) in [6.07, 6.45) is 3.26. The van der Waals surface area contributed by atoms with E-state index in [0.29, 0.717) is 6.04 Å². The average Bonchev–Trinajstić information content (AvgIpc) is 3.21. The molecule has 0 saturated heterocycles.